The molecular formula is C18H25N7O3. The van der Waals surface area contributed by atoms with Crippen LogP contribution in [0.25, 0.3) is 0 Å². The molecule has 0 aromatic carbocycles. The first-order valence-electron chi connectivity index (χ1n) is 9.06. The predicted molar refractivity (Wildman–Crippen MR) is 106 cm³/mol. The quantitative estimate of drug-likeness (QED) is 0.775. The summed E-state index contributed by atoms with van der Waals surface area (Å²) in [6.07, 6.45) is 2.97. The summed E-state index contributed by atoms with van der Waals surface area (Å²) >= 11 is 0. The Kier molecular flexibility index (Phi) is 5.88. The molecule has 28 heavy (non-hydrogen) atoms. The zero-order chi connectivity index (χ0) is 20.3. The van der Waals surface area contributed by atoms with Gasteiger partial charge in [0.05, 0.1) is 25.7 Å². The van der Waals surface area contributed by atoms with Crippen LogP contribution < -0.4 is 20.7 Å². The molecular weight excluding hydrogens is 362 g/mol. The van der Waals surface area contributed by atoms with Gasteiger partial charge in [0.25, 0.3) is 5.56 Å². The van der Waals surface area contributed by atoms with Crippen molar-refractivity contribution in [2.75, 3.05) is 55.5 Å². The molecule has 0 aliphatic carbocycles. The van der Waals surface area contributed by atoms with Crippen LogP contribution in [-0.2, 0) is 16.1 Å². The van der Waals surface area contributed by atoms with E-state index in [0.717, 1.165) is 13.1 Å². The van der Waals surface area contributed by atoms with Crippen LogP contribution in [0.15, 0.2) is 17.3 Å². The van der Waals surface area contributed by atoms with Crippen LogP contribution in [-0.4, -0.2) is 65.8 Å². The second-order valence-corrected chi connectivity index (χ2v) is 6.84. The molecule has 0 saturated carbocycles. The van der Waals surface area contributed by atoms with Crippen molar-refractivity contribution in [1.29, 1.82) is 0 Å². The Bertz CT molecular complexity index is 920. The molecule has 1 fully saturated rings. The fraction of sp³-hybridized carbons (Fsp3) is 0.500. The van der Waals surface area contributed by atoms with Gasteiger partial charge in [-0.05, 0) is 13.8 Å². The average molecular weight is 387 g/mol. The van der Waals surface area contributed by atoms with E-state index < -0.39 is 0 Å². The summed E-state index contributed by atoms with van der Waals surface area (Å²) in [6.45, 7) is 6.04. The van der Waals surface area contributed by atoms with E-state index in [9.17, 15) is 9.59 Å². The van der Waals surface area contributed by atoms with E-state index in [-0.39, 0.29) is 18.0 Å². The number of nitrogens with zero attached hydrogens (tertiary/aromatic N) is 6. The summed E-state index contributed by atoms with van der Waals surface area (Å²) in [4.78, 5) is 41.7. The van der Waals surface area contributed by atoms with Crippen molar-refractivity contribution in [3.05, 3.63) is 34.1 Å². The lowest BCUT2D eigenvalue weighted by atomic mass is 10.3. The molecule has 150 valence electrons. The Morgan fingerprint density at radius 3 is 2.64 bits per heavy atom. The molecule has 0 radical (unpaired) electrons. The summed E-state index contributed by atoms with van der Waals surface area (Å²) < 4.78 is 6.65. The van der Waals surface area contributed by atoms with Gasteiger partial charge in [0.1, 0.15) is 12.2 Å². The Hall–Kier alpha value is -3.01. The second-order valence-electron chi connectivity index (χ2n) is 6.84. The van der Waals surface area contributed by atoms with Gasteiger partial charge in [-0.25, -0.2) is 9.97 Å². The number of rotatable bonds is 5. The van der Waals surface area contributed by atoms with Crippen LogP contribution in [0.2, 0.25) is 0 Å². The van der Waals surface area contributed by atoms with Crippen LogP contribution in [0.5, 0.6) is 0 Å². The summed E-state index contributed by atoms with van der Waals surface area (Å²) in [5.41, 5.74) is 1.44. The van der Waals surface area contributed by atoms with Gasteiger partial charge in [-0.15, -0.1) is 0 Å². The Morgan fingerprint density at radius 1 is 1.25 bits per heavy atom. The van der Waals surface area contributed by atoms with E-state index in [2.05, 4.69) is 20.3 Å². The van der Waals surface area contributed by atoms with Gasteiger partial charge < -0.3 is 19.9 Å². The van der Waals surface area contributed by atoms with Crippen molar-refractivity contribution in [2.45, 2.75) is 20.4 Å². The predicted octanol–water partition coefficient (Wildman–Crippen LogP) is 0.191. The Balaban J connectivity index is 1.78. The summed E-state index contributed by atoms with van der Waals surface area (Å²) in [6, 6.07) is 0. The zero-order valence-electron chi connectivity index (χ0n) is 16.6. The lowest BCUT2D eigenvalue weighted by molar-refractivity contribution is -0.116. The van der Waals surface area contributed by atoms with Crippen LogP contribution in [0.1, 0.15) is 11.3 Å². The van der Waals surface area contributed by atoms with Gasteiger partial charge in [0.15, 0.2) is 5.82 Å². The fourth-order valence-electron chi connectivity index (χ4n) is 2.84. The van der Waals surface area contributed by atoms with Crippen LogP contribution in [0, 0.1) is 13.8 Å². The van der Waals surface area contributed by atoms with Crippen molar-refractivity contribution in [1.82, 2.24) is 19.5 Å². The van der Waals surface area contributed by atoms with Crippen molar-refractivity contribution in [3.63, 3.8) is 0 Å². The third-order valence-corrected chi connectivity index (χ3v) is 4.58. The molecule has 0 atom stereocenters. The van der Waals surface area contributed by atoms with Gasteiger partial charge in [0, 0.05) is 38.4 Å². The molecule has 1 aliphatic rings. The maximum atomic E-state index is 12.5. The number of nitrogens with one attached hydrogen (secondary N) is 1. The molecule has 2 aromatic rings. The highest BCUT2D eigenvalue weighted by Gasteiger charge is 2.18. The van der Waals surface area contributed by atoms with E-state index in [0.29, 0.717) is 41.9 Å². The standard InChI is InChI=1S/C18H25N7O3/c1-12-13(2)20-11-25(17(12)27)10-15(26)21-14-9-19-18(22-16(14)23(3)4)24-5-7-28-8-6-24/h9,11H,5-8,10H2,1-4H3,(H,21,26). The topological polar surface area (TPSA) is 105 Å². The molecule has 10 nitrogen and oxygen atoms in total. The normalized spacial score (nSPS) is 14.1. The SMILES string of the molecule is Cc1ncn(CC(=O)Nc2cnc(N3CCOCC3)nc2N(C)C)c(=O)c1C. The molecule has 1 aliphatic heterocycles. The molecule has 0 unspecified atom stereocenters. The molecule has 1 N–H and O–H groups in total. The van der Waals surface area contributed by atoms with E-state index >= 15 is 0 Å². The van der Waals surface area contributed by atoms with Gasteiger partial charge in [0.2, 0.25) is 11.9 Å². The molecule has 10 heteroatoms. The van der Waals surface area contributed by atoms with Crippen molar-refractivity contribution >= 4 is 23.4 Å². The minimum Gasteiger partial charge on any atom is -0.378 e. The summed E-state index contributed by atoms with van der Waals surface area (Å²) in [7, 11) is 3.69. The molecule has 1 amide bonds. The average Bonchev–Trinajstić information content (AvgIpc) is 2.69. The smallest absolute Gasteiger partial charge is 0.256 e. The molecule has 0 spiro atoms. The zero-order valence-corrected chi connectivity index (χ0v) is 16.6. The molecule has 0 bridgehead atoms. The lowest BCUT2D eigenvalue weighted by Crippen LogP contribution is -2.37. The highest BCUT2D eigenvalue weighted by Crippen LogP contribution is 2.24. The number of aromatic nitrogens is 4. The van der Waals surface area contributed by atoms with Gasteiger partial charge in [-0.2, -0.15) is 4.98 Å². The summed E-state index contributed by atoms with van der Waals surface area (Å²) in [5, 5.41) is 2.80. The highest BCUT2D eigenvalue weighted by atomic mass is 16.5. The number of hydrogen-bond acceptors (Lipinski definition) is 8. The van der Waals surface area contributed by atoms with Crippen molar-refractivity contribution in [2.24, 2.45) is 0 Å². The number of amides is 1. The van der Waals surface area contributed by atoms with Crippen LogP contribution in [0.4, 0.5) is 17.5 Å². The van der Waals surface area contributed by atoms with E-state index in [1.165, 1.54) is 10.9 Å². The second kappa shape index (κ2) is 8.34. The fourth-order valence-corrected chi connectivity index (χ4v) is 2.84. The number of aryl methyl sites for hydroxylation is 1. The van der Waals surface area contributed by atoms with Crippen molar-refractivity contribution < 1.29 is 9.53 Å². The van der Waals surface area contributed by atoms with Crippen LogP contribution in [0.3, 0.4) is 0 Å². The van der Waals surface area contributed by atoms with Gasteiger partial charge in [-0.3, -0.25) is 14.2 Å². The first-order valence-corrected chi connectivity index (χ1v) is 9.06. The Labute approximate surface area is 163 Å². The number of carbonyl (C=O) groups is 1. The lowest BCUT2D eigenvalue weighted by Gasteiger charge is -2.28. The first kappa shape index (κ1) is 19.7. The number of carbonyl (C=O) groups excluding carboxylic acids is 1. The monoisotopic (exact) mass is 387 g/mol. The van der Waals surface area contributed by atoms with E-state index in [1.54, 1.807) is 20.0 Å². The minimum absolute atomic E-state index is 0.134. The summed E-state index contributed by atoms with van der Waals surface area (Å²) in [5.74, 6) is 0.841. The Morgan fingerprint density at radius 2 is 1.96 bits per heavy atom. The van der Waals surface area contributed by atoms with Crippen molar-refractivity contribution in [3.8, 4) is 0 Å². The van der Waals surface area contributed by atoms with E-state index in [4.69, 9.17) is 4.74 Å². The minimum atomic E-state index is -0.349. The first-order chi connectivity index (χ1) is 13.4. The third kappa shape index (κ3) is 4.28. The highest BCUT2D eigenvalue weighted by molar-refractivity contribution is 5.93. The largest absolute Gasteiger partial charge is 0.378 e. The molecule has 1 saturated heterocycles. The number of anilines is 3. The molecule has 3 rings (SSSR count). The van der Waals surface area contributed by atoms with E-state index in [1.807, 2.05) is 23.9 Å². The van der Waals surface area contributed by atoms with Gasteiger partial charge >= 0.3 is 0 Å². The maximum absolute atomic E-state index is 12.5. The molecule has 2 aromatic heterocycles. The third-order valence-electron chi connectivity index (χ3n) is 4.58. The van der Waals surface area contributed by atoms with Crippen LogP contribution >= 0.6 is 0 Å². The maximum Gasteiger partial charge on any atom is 0.256 e. The van der Waals surface area contributed by atoms with Gasteiger partial charge in [-0.1, -0.05) is 0 Å². The number of ether oxygens (including phenoxy) is 1. The number of morpholine rings is 1. The molecule has 3 heterocycles. The number of hydrogen-bond donors (Lipinski definition) is 1.